The lowest BCUT2D eigenvalue weighted by Crippen LogP contribution is -2.43. The average molecular weight is 353 g/mol. The van der Waals surface area contributed by atoms with E-state index in [1.807, 2.05) is 70.2 Å². The van der Waals surface area contributed by atoms with Crippen LogP contribution in [-0.2, 0) is 4.79 Å². The Labute approximate surface area is 155 Å². The fourth-order valence-corrected chi connectivity index (χ4v) is 2.61. The summed E-state index contributed by atoms with van der Waals surface area (Å²) in [5.41, 5.74) is 1.91. The highest BCUT2D eigenvalue weighted by Gasteiger charge is 2.17. The molecule has 2 amide bonds. The number of carbonyl (C=O) groups is 2. The molecule has 0 aliphatic rings. The SMILES string of the molecule is CCN(C(=O)c1cccc(NCC(=O)NC(C)(C)C)c1)c1ccccc1. The Morgan fingerprint density at radius 2 is 1.69 bits per heavy atom. The van der Waals surface area contributed by atoms with Gasteiger partial charge in [0.1, 0.15) is 0 Å². The Hall–Kier alpha value is -2.82. The van der Waals surface area contributed by atoms with Crippen molar-refractivity contribution in [1.82, 2.24) is 5.32 Å². The van der Waals surface area contributed by atoms with Gasteiger partial charge in [0.25, 0.3) is 5.91 Å². The molecule has 0 fully saturated rings. The van der Waals surface area contributed by atoms with Crippen molar-refractivity contribution < 1.29 is 9.59 Å². The second-order valence-corrected chi connectivity index (χ2v) is 7.12. The highest BCUT2D eigenvalue weighted by atomic mass is 16.2. The number of benzene rings is 2. The number of hydrogen-bond donors (Lipinski definition) is 2. The first kappa shape index (κ1) is 19.5. The molecule has 26 heavy (non-hydrogen) atoms. The normalized spacial score (nSPS) is 10.9. The molecule has 0 saturated carbocycles. The maximum Gasteiger partial charge on any atom is 0.258 e. The molecule has 0 unspecified atom stereocenters. The van der Waals surface area contributed by atoms with E-state index in [1.165, 1.54) is 0 Å². The van der Waals surface area contributed by atoms with Crippen LogP contribution in [0.15, 0.2) is 54.6 Å². The van der Waals surface area contributed by atoms with E-state index in [0.29, 0.717) is 12.1 Å². The van der Waals surface area contributed by atoms with Gasteiger partial charge in [-0.15, -0.1) is 0 Å². The molecular formula is C21H27N3O2. The van der Waals surface area contributed by atoms with Gasteiger partial charge < -0.3 is 15.5 Å². The Bertz CT molecular complexity index is 751. The van der Waals surface area contributed by atoms with Crippen LogP contribution in [0.1, 0.15) is 38.1 Å². The van der Waals surface area contributed by atoms with Gasteiger partial charge in [0, 0.05) is 29.0 Å². The van der Waals surface area contributed by atoms with Crippen LogP contribution in [0.5, 0.6) is 0 Å². The first-order chi connectivity index (χ1) is 12.3. The molecule has 0 aliphatic carbocycles. The number of hydrogen-bond acceptors (Lipinski definition) is 3. The number of anilines is 2. The van der Waals surface area contributed by atoms with Gasteiger partial charge >= 0.3 is 0 Å². The fraction of sp³-hybridized carbons (Fsp3) is 0.333. The smallest absolute Gasteiger partial charge is 0.258 e. The highest BCUT2D eigenvalue weighted by Crippen LogP contribution is 2.18. The van der Waals surface area contributed by atoms with Crippen LogP contribution in [0.2, 0.25) is 0 Å². The minimum atomic E-state index is -0.270. The molecule has 0 aliphatic heterocycles. The summed E-state index contributed by atoms with van der Waals surface area (Å²) in [5.74, 6) is -0.157. The maximum absolute atomic E-state index is 12.9. The predicted octanol–water partition coefficient (Wildman–Crippen LogP) is 3.68. The number of para-hydroxylation sites is 1. The molecule has 0 saturated heterocycles. The summed E-state index contributed by atoms with van der Waals surface area (Å²) in [6, 6.07) is 16.8. The third kappa shape index (κ3) is 5.62. The van der Waals surface area contributed by atoms with Crippen LogP contribution in [-0.4, -0.2) is 30.4 Å². The third-order valence-electron chi connectivity index (χ3n) is 3.71. The van der Waals surface area contributed by atoms with Crippen LogP contribution in [0.4, 0.5) is 11.4 Å². The van der Waals surface area contributed by atoms with E-state index in [9.17, 15) is 9.59 Å². The van der Waals surface area contributed by atoms with Crippen LogP contribution in [0.3, 0.4) is 0 Å². The molecule has 2 rings (SSSR count). The zero-order valence-corrected chi connectivity index (χ0v) is 15.9. The summed E-state index contributed by atoms with van der Waals surface area (Å²) in [7, 11) is 0. The second kappa shape index (κ2) is 8.52. The summed E-state index contributed by atoms with van der Waals surface area (Å²) < 4.78 is 0. The quantitative estimate of drug-likeness (QED) is 0.833. The van der Waals surface area contributed by atoms with Gasteiger partial charge in [0.05, 0.1) is 6.54 Å². The third-order valence-corrected chi connectivity index (χ3v) is 3.71. The van der Waals surface area contributed by atoms with E-state index in [-0.39, 0.29) is 23.9 Å². The van der Waals surface area contributed by atoms with Crippen molar-refractivity contribution in [3.63, 3.8) is 0 Å². The number of amides is 2. The Kier molecular flexibility index (Phi) is 6.39. The summed E-state index contributed by atoms with van der Waals surface area (Å²) in [4.78, 5) is 26.5. The van der Waals surface area contributed by atoms with Crippen LogP contribution >= 0.6 is 0 Å². The van der Waals surface area contributed by atoms with E-state index in [1.54, 1.807) is 17.0 Å². The van der Waals surface area contributed by atoms with Gasteiger partial charge in [0.15, 0.2) is 0 Å². The molecule has 0 radical (unpaired) electrons. The summed E-state index contributed by atoms with van der Waals surface area (Å²) in [6.45, 7) is 8.50. The second-order valence-electron chi connectivity index (χ2n) is 7.12. The summed E-state index contributed by atoms with van der Waals surface area (Å²) in [6.07, 6.45) is 0. The lowest BCUT2D eigenvalue weighted by Gasteiger charge is -2.22. The van der Waals surface area contributed by atoms with E-state index >= 15 is 0 Å². The van der Waals surface area contributed by atoms with Crippen molar-refractivity contribution >= 4 is 23.2 Å². The monoisotopic (exact) mass is 353 g/mol. The van der Waals surface area contributed by atoms with Crippen LogP contribution in [0, 0.1) is 0 Å². The van der Waals surface area contributed by atoms with E-state index < -0.39 is 0 Å². The van der Waals surface area contributed by atoms with Crippen molar-refractivity contribution in [3.8, 4) is 0 Å². The highest BCUT2D eigenvalue weighted by molar-refractivity contribution is 6.06. The Morgan fingerprint density at radius 1 is 1.00 bits per heavy atom. The zero-order valence-electron chi connectivity index (χ0n) is 15.9. The van der Waals surface area contributed by atoms with E-state index in [0.717, 1.165) is 11.4 Å². The van der Waals surface area contributed by atoms with Gasteiger partial charge in [-0.25, -0.2) is 0 Å². The number of rotatable bonds is 6. The first-order valence-electron chi connectivity index (χ1n) is 8.82. The number of carbonyl (C=O) groups excluding carboxylic acids is 2. The van der Waals surface area contributed by atoms with Gasteiger partial charge in [-0.1, -0.05) is 24.3 Å². The number of nitrogens with one attached hydrogen (secondary N) is 2. The van der Waals surface area contributed by atoms with Gasteiger partial charge in [-0.05, 0) is 58.0 Å². The molecule has 0 aromatic heterocycles. The molecule has 2 aromatic rings. The van der Waals surface area contributed by atoms with Crippen molar-refractivity contribution in [2.75, 3.05) is 23.3 Å². The van der Waals surface area contributed by atoms with Crippen molar-refractivity contribution in [2.45, 2.75) is 33.2 Å². The van der Waals surface area contributed by atoms with Crippen molar-refractivity contribution in [2.24, 2.45) is 0 Å². The predicted molar refractivity (Wildman–Crippen MR) is 107 cm³/mol. The first-order valence-corrected chi connectivity index (χ1v) is 8.82. The Morgan fingerprint density at radius 3 is 2.31 bits per heavy atom. The molecule has 0 atom stereocenters. The molecular weight excluding hydrogens is 326 g/mol. The number of nitrogens with zero attached hydrogens (tertiary/aromatic N) is 1. The molecule has 2 aromatic carbocycles. The van der Waals surface area contributed by atoms with Crippen LogP contribution in [0.25, 0.3) is 0 Å². The minimum absolute atomic E-state index is 0.0681. The zero-order chi connectivity index (χ0) is 19.2. The average Bonchev–Trinajstić information content (AvgIpc) is 2.60. The van der Waals surface area contributed by atoms with Crippen molar-refractivity contribution in [3.05, 3.63) is 60.2 Å². The van der Waals surface area contributed by atoms with Crippen LogP contribution < -0.4 is 15.5 Å². The lowest BCUT2D eigenvalue weighted by atomic mass is 10.1. The molecule has 5 nitrogen and oxygen atoms in total. The molecule has 0 spiro atoms. The summed E-state index contributed by atoms with van der Waals surface area (Å²) >= 11 is 0. The van der Waals surface area contributed by atoms with Gasteiger partial charge in [0.2, 0.25) is 5.91 Å². The standard InChI is InChI=1S/C21H27N3O2/c1-5-24(18-12-7-6-8-13-18)20(26)16-10-9-11-17(14-16)22-15-19(25)23-21(2,3)4/h6-14,22H,5,15H2,1-4H3,(H,23,25). The fourth-order valence-electron chi connectivity index (χ4n) is 2.61. The molecule has 0 bridgehead atoms. The molecule has 138 valence electrons. The lowest BCUT2D eigenvalue weighted by molar-refractivity contribution is -0.120. The Balaban J connectivity index is 2.08. The minimum Gasteiger partial charge on any atom is -0.376 e. The molecule has 5 heteroatoms. The summed E-state index contributed by atoms with van der Waals surface area (Å²) in [5, 5.41) is 5.98. The molecule has 0 heterocycles. The van der Waals surface area contributed by atoms with E-state index in [2.05, 4.69) is 10.6 Å². The topological polar surface area (TPSA) is 61.4 Å². The van der Waals surface area contributed by atoms with Crippen molar-refractivity contribution in [1.29, 1.82) is 0 Å². The van der Waals surface area contributed by atoms with Gasteiger partial charge in [-0.3, -0.25) is 9.59 Å². The van der Waals surface area contributed by atoms with Gasteiger partial charge in [-0.2, -0.15) is 0 Å². The van der Waals surface area contributed by atoms with E-state index in [4.69, 9.17) is 0 Å². The molecule has 2 N–H and O–H groups in total. The maximum atomic E-state index is 12.9. The largest absolute Gasteiger partial charge is 0.376 e.